The maximum atomic E-state index is 4.56. The molecule has 0 saturated heterocycles. The third-order valence-corrected chi connectivity index (χ3v) is 3.47. The van der Waals surface area contributed by atoms with Crippen molar-refractivity contribution in [2.45, 2.75) is 13.3 Å². The number of nitrogens with zero attached hydrogens (tertiary/aromatic N) is 4. The number of aromatic nitrogens is 4. The van der Waals surface area contributed by atoms with Gasteiger partial charge in [-0.2, -0.15) is 0 Å². The topological polar surface area (TPSA) is 63.6 Å². The van der Waals surface area contributed by atoms with E-state index in [-0.39, 0.29) is 0 Å². The van der Waals surface area contributed by atoms with E-state index in [0.29, 0.717) is 11.5 Å². The number of hydrogen-bond acceptors (Lipinski definition) is 6. The minimum Gasteiger partial charge on any atom is -0.369 e. The summed E-state index contributed by atoms with van der Waals surface area (Å²) in [5.74, 6) is 1.48. The molecular formula is C13H13N5S. The van der Waals surface area contributed by atoms with Crippen molar-refractivity contribution in [2.24, 2.45) is 0 Å². The van der Waals surface area contributed by atoms with Crippen molar-refractivity contribution in [2.75, 3.05) is 11.9 Å². The predicted octanol–water partition coefficient (Wildman–Crippen LogP) is 2.97. The Labute approximate surface area is 114 Å². The fraction of sp³-hybridized carbons (Fsp3) is 0.231. The Morgan fingerprint density at radius 2 is 2.21 bits per heavy atom. The Hall–Kier alpha value is -2.08. The third kappa shape index (κ3) is 2.39. The van der Waals surface area contributed by atoms with Crippen LogP contribution in [0.25, 0.3) is 21.7 Å². The van der Waals surface area contributed by atoms with Crippen molar-refractivity contribution in [1.29, 1.82) is 0 Å². The summed E-state index contributed by atoms with van der Waals surface area (Å²) in [5, 5.41) is 6.43. The maximum absolute atomic E-state index is 4.56. The highest BCUT2D eigenvalue weighted by atomic mass is 32.1. The molecule has 0 atom stereocenters. The summed E-state index contributed by atoms with van der Waals surface area (Å²) in [6.07, 6.45) is 6.02. The number of anilines is 1. The van der Waals surface area contributed by atoms with Crippen LogP contribution in [0.2, 0.25) is 0 Å². The first kappa shape index (κ1) is 12.0. The van der Waals surface area contributed by atoms with E-state index in [9.17, 15) is 0 Å². The average molecular weight is 271 g/mol. The van der Waals surface area contributed by atoms with E-state index in [1.807, 2.05) is 11.4 Å². The first-order valence-corrected chi connectivity index (χ1v) is 7.02. The summed E-state index contributed by atoms with van der Waals surface area (Å²) < 4.78 is 0. The SMILES string of the molecule is CCCNc1nc(-c2cnccn2)nc2sccc12. The van der Waals surface area contributed by atoms with Crippen LogP contribution < -0.4 is 5.32 Å². The van der Waals surface area contributed by atoms with Crippen LogP contribution in [0.5, 0.6) is 0 Å². The number of thiophene rings is 1. The fourth-order valence-corrected chi connectivity index (χ4v) is 2.53. The maximum Gasteiger partial charge on any atom is 0.183 e. The molecule has 0 bridgehead atoms. The van der Waals surface area contributed by atoms with Crippen molar-refractivity contribution in [1.82, 2.24) is 19.9 Å². The van der Waals surface area contributed by atoms with Gasteiger partial charge in [0.1, 0.15) is 16.3 Å². The molecule has 96 valence electrons. The zero-order chi connectivity index (χ0) is 13.1. The molecule has 5 nitrogen and oxygen atoms in total. The lowest BCUT2D eigenvalue weighted by molar-refractivity contribution is 0.970. The first-order valence-electron chi connectivity index (χ1n) is 6.14. The van der Waals surface area contributed by atoms with Crippen LogP contribution in [0.3, 0.4) is 0 Å². The molecule has 0 aromatic carbocycles. The summed E-state index contributed by atoms with van der Waals surface area (Å²) in [4.78, 5) is 18.4. The number of fused-ring (bicyclic) bond motifs is 1. The van der Waals surface area contributed by atoms with Gasteiger partial charge >= 0.3 is 0 Å². The Kier molecular flexibility index (Phi) is 3.33. The Morgan fingerprint density at radius 1 is 1.26 bits per heavy atom. The second-order valence-electron chi connectivity index (χ2n) is 4.05. The summed E-state index contributed by atoms with van der Waals surface area (Å²) in [7, 11) is 0. The molecule has 6 heteroatoms. The number of hydrogen-bond donors (Lipinski definition) is 1. The minimum atomic E-state index is 0.613. The summed E-state index contributed by atoms with van der Waals surface area (Å²) in [6.45, 7) is 3.02. The van der Waals surface area contributed by atoms with Gasteiger partial charge in [0.15, 0.2) is 5.82 Å². The lowest BCUT2D eigenvalue weighted by Crippen LogP contribution is -2.04. The van der Waals surface area contributed by atoms with Crippen LogP contribution in [0.4, 0.5) is 5.82 Å². The normalized spacial score (nSPS) is 10.8. The van der Waals surface area contributed by atoms with E-state index < -0.39 is 0 Å². The Bertz CT molecular complexity index is 680. The summed E-state index contributed by atoms with van der Waals surface area (Å²) >= 11 is 1.60. The molecule has 0 aliphatic rings. The first-order chi connectivity index (χ1) is 9.38. The quantitative estimate of drug-likeness (QED) is 0.790. The molecular weight excluding hydrogens is 258 g/mol. The fourth-order valence-electron chi connectivity index (χ4n) is 1.76. The van der Waals surface area contributed by atoms with Gasteiger partial charge in [-0.25, -0.2) is 15.0 Å². The van der Waals surface area contributed by atoms with Gasteiger partial charge in [0, 0.05) is 18.9 Å². The van der Waals surface area contributed by atoms with Gasteiger partial charge in [0.05, 0.1) is 11.6 Å². The zero-order valence-corrected chi connectivity index (χ0v) is 11.3. The average Bonchev–Trinajstić information content (AvgIpc) is 2.94. The molecule has 3 rings (SSSR count). The van der Waals surface area contributed by atoms with Gasteiger partial charge < -0.3 is 5.32 Å². The highest BCUT2D eigenvalue weighted by Gasteiger charge is 2.10. The van der Waals surface area contributed by atoms with Gasteiger partial charge in [-0.3, -0.25) is 4.98 Å². The van der Waals surface area contributed by atoms with Crippen LogP contribution >= 0.6 is 11.3 Å². The van der Waals surface area contributed by atoms with Crippen LogP contribution in [-0.2, 0) is 0 Å². The highest BCUT2D eigenvalue weighted by molar-refractivity contribution is 7.16. The summed E-state index contributed by atoms with van der Waals surface area (Å²) in [5.41, 5.74) is 0.692. The van der Waals surface area contributed by atoms with Gasteiger partial charge in [0.25, 0.3) is 0 Å². The molecule has 1 N–H and O–H groups in total. The largest absolute Gasteiger partial charge is 0.369 e. The van der Waals surface area contributed by atoms with E-state index >= 15 is 0 Å². The van der Waals surface area contributed by atoms with E-state index in [1.54, 1.807) is 29.9 Å². The third-order valence-electron chi connectivity index (χ3n) is 2.66. The molecule has 3 heterocycles. The second kappa shape index (κ2) is 5.27. The van der Waals surface area contributed by atoms with Crippen LogP contribution in [0.1, 0.15) is 13.3 Å². The van der Waals surface area contributed by atoms with E-state index in [0.717, 1.165) is 29.0 Å². The Balaban J connectivity index is 2.11. The molecule has 0 aliphatic heterocycles. The predicted molar refractivity (Wildman–Crippen MR) is 77.2 cm³/mol. The van der Waals surface area contributed by atoms with Crippen LogP contribution in [-0.4, -0.2) is 26.5 Å². The molecule has 0 amide bonds. The molecule has 19 heavy (non-hydrogen) atoms. The van der Waals surface area contributed by atoms with Crippen molar-refractivity contribution >= 4 is 27.4 Å². The number of nitrogens with one attached hydrogen (secondary N) is 1. The number of rotatable bonds is 4. The highest BCUT2D eigenvalue weighted by Crippen LogP contribution is 2.27. The van der Waals surface area contributed by atoms with Crippen molar-refractivity contribution in [3.8, 4) is 11.5 Å². The molecule has 0 radical (unpaired) electrons. The van der Waals surface area contributed by atoms with E-state index in [1.165, 1.54) is 0 Å². The van der Waals surface area contributed by atoms with Crippen molar-refractivity contribution < 1.29 is 0 Å². The smallest absolute Gasteiger partial charge is 0.183 e. The minimum absolute atomic E-state index is 0.613. The lowest BCUT2D eigenvalue weighted by atomic mass is 10.3. The zero-order valence-electron chi connectivity index (χ0n) is 10.5. The van der Waals surface area contributed by atoms with Gasteiger partial charge in [-0.15, -0.1) is 11.3 Å². The monoisotopic (exact) mass is 271 g/mol. The van der Waals surface area contributed by atoms with Gasteiger partial charge in [-0.1, -0.05) is 6.92 Å². The summed E-state index contributed by atoms with van der Waals surface area (Å²) in [6, 6.07) is 2.04. The molecule has 3 aromatic rings. The lowest BCUT2D eigenvalue weighted by Gasteiger charge is -2.07. The molecule has 0 unspecified atom stereocenters. The van der Waals surface area contributed by atoms with Crippen molar-refractivity contribution in [3.63, 3.8) is 0 Å². The molecule has 0 aliphatic carbocycles. The Morgan fingerprint density at radius 3 is 3.00 bits per heavy atom. The van der Waals surface area contributed by atoms with E-state index in [2.05, 4.69) is 32.2 Å². The van der Waals surface area contributed by atoms with E-state index in [4.69, 9.17) is 0 Å². The van der Waals surface area contributed by atoms with Gasteiger partial charge in [0.2, 0.25) is 0 Å². The van der Waals surface area contributed by atoms with Crippen LogP contribution in [0.15, 0.2) is 30.0 Å². The second-order valence-corrected chi connectivity index (χ2v) is 4.95. The van der Waals surface area contributed by atoms with Crippen LogP contribution in [0, 0.1) is 0 Å². The van der Waals surface area contributed by atoms with Gasteiger partial charge in [-0.05, 0) is 17.9 Å². The van der Waals surface area contributed by atoms with Crippen molar-refractivity contribution in [3.05, 3.63) is 30.0 Å². The molecule has 0 spiro atoms. The molecule has 0 saturated carbocycles. The standard InChI is InChI=1S/C13H13N5S/c1-2-4-16-11-9-3-7-19-13(9)18-12(17-11)10-8-14-5-6-15-10/h3,5-8H,2,4H2,1H3,(H,16,17,18). The molecule has 3 aromatic heterocycles. The molecule has 0 fully saturated rings.